The SMILES string of the molecule is CCCCCC1CCC(C(=O)Oc2ccc(F)cc2C#N)CC1. The molecule has 23 heavy (non-hydrogen) atoms. The summed E-state index contributed by atoms with van der Waals surface area (Å²) in [6.45, 7) is 2.21. The van der Waals surface area contributed by atoms with Gasteiger partial charge in [0.05, 0.1) is 11.5 Å². The van der Waals surface area contributed by atoms with Crippen LogP contribution in [0.15, 0.2) is 18.2 Å². The van der Waals surface area contributed by atoms with Gasteiger partial charge in [-0.25, -0.2) is 4.39 Å². The highest BCUT2D eigenvalue weighted by atomic mass is 19.1. The summed E-state index contributed by atoms with van der Waals surface area (Å²) in [4.78, 5) is 12.3. The number of hydrogen-bond acceptors (Lipinski definition) is 3. The molecule has 1 saturated carbocycles. The molecule has 0 spiro atoms. The summed E-state index contributed by atoms with van der Waals surface area (Å²) in [7, 11) is 0. The molecule has 4 heteroatoms. The first-order valence-electron chi connectivity index (χ1n) is 8.55. The second-order valence-corrected chi connectivity index (χ2v) is 6.39. The molecule has 1 fully saturated rings. The molecule has 1 aromatic carbocycles. The number of carbonyl (C=O) groups is 1. The Hall–Kier alpha value is -1.89. The van der Waals surface area contributed by atoms with E-state index in [2.05, 4.69) is 6.92 Å². The Labute approximate surface area is 137 Å². The summed E-state index contributed by atoms with van der Waals surface area (Å²) in [6, 6.07) is 5.51. The van der Waals surface area contributed by atoms with Gasteiger partial charge in [-0.05, 0) is 49.8 Å². The van der Waals surface area contributed by atoms with E-state index >= 15 is 0 Å². The minimum absolute atomic E-state index is 0.0617. The average molecular weight is 317 g/mol. The first-order chi connectivity index (χ1) is 11.1. The highest BCUT2D eigenvalue weighted by molar-refractivity contribution is 5.76. The van der Waals surface area contributed by atoms with E-state index in [1.54, 1.807) is 0 Å². The van der Waals surface area contributed by atoms with Gasteiger partial charge in [-0.1, -0.05) is 32.6 Å². The molecule has 2 rings (SSSR count). The number of carbonyl (C=O) groups excluding carboxylic acids is 1. The van der Waals surface area contributed by atoms with Crippen LogP contribution in [0.5, 0.6) is 5.75 Å². The molecule has 0 radical (unpaired) electrons. The maximum atomic E-state index is 13.1. The number of unbranched alkanes of at least 4 members (excludes halogenated alkanes) is 2. The number of esters is 1. The summed E-state index contributed by atoms with van der Waals surface area (Å²) in [6.07, 6.45) is 8.88. The topological polar surface area (TPSA) is 50.1 Å². The average Bonchev–Trinajstić information content (AvgIpc) is 2.57. The molecule has 1 aliphatic carbocycles. The molecule has 0 unspecified atom stereocenters. The first-order valence-corrected chi connectivity index (χ1v) is 8.55. The Kier molecular flexibility index (Phi) is 6.58. The lowest BCUT2D eigenvalue weighted by Gasteiger charge is -2.27. The van der Waals surface area contributed by atoms with Gasteiger partial charge >= 0.3 is 5.97 Å². The smallest absolute Gasteiger partial charge is 0.314 e. The maximum absolute atomic E-state index is 13.1. The molecule has 1 aliphatic rings. The molecule has 0 saturated heterocycles. The number of nitriles is 1. The normalized spacial score (nSPS) is 20.7. The minimum atomic E-state index is -0.506. The third-order valence-corrected chi connectivity index (χ3v) is 4.67. The molecular weight excluding hydrogens is 293 g/mol. The van der Waals surface area contributed by atoms with Crippen LogP contribution in [0.3, 0.4) is 0 Å². The highest BCUT2D eigenvalue weighted by Crippen LogP contribution is 2.33. The number of ether oxygens (including phenoxy) is 1. The molecule has 0 aromatic heterocycles. The zero-order valence-corrected chi connectivity index (χ0v) is 13.7. The number of nitrogens with zero attached hydrogens (tertiary/aromatic N) is 1. The van der Waals surface area contributed by atoms with E-state index in [1.165, 1.54) is 37.8 Å². The van der Waals surface area contributed by atoms with Crippen molar-refractivity contribution in [3.63, 3.8) is 0 Å². The summed E-state index contributed by atoms with van der Waals surface area (Å²) in [5, 5.41) is 9.00. The van der Waals surface area contributed by atoms with E-state index < -0.39 is 5.82 Å². The van der Waals surface area contributed by atoms with Crippen molar-refractivity contribution in [2.24, 2.45) is 11.8 Å². The number of benzene rings is 1. The largest absolute Gasteiger partial charge is 0.425 e. The number of rotatable bonds is 6. The van der Waals surface area contributed by atoms with Gasteiger partial charge in [-0.15, -0.1) is 0 Å². The van der Waals surface area contributed by atoms with Crippen LogP contribution in [-0.2, 0) is 4.79 Å². The lowest BCUT2D eigenvalue weighted by molar-refractivity contribution is -0.140. The lowest BCUT2D eigenvalue weighted by Crippen LogP contribution is -2.26. The van der Waals surface area contributed by atoms with Crippen molar-refractivity contribution < 1.29 is 13.9 Å². The van der Waals surface area contributed by atoms with Crippen LogP contribution < -0.4 is 4.74 Å². The van der Waals surface area contributed by atoms with Gasteiger partial charge < -0.3 is 4.74 Å². The third-order valence-electron chi connectivity index (χ3n) is 4.67. The number of halogens is 1. The van der Waals surface area contributed by atoms with Crippen LogP contribution in [0.4, 0.5) is 4.39 Å². The van der Waals surface area contributed by atoms with E-state index in [0.717, 1.165) is 37.7 Å². The quantitative estimate of drug-likeness (QED) is 0.422. The van der Waals surface area contributed by atoms with Crippen molar-refractivity contribution in [2.75, 3.05) is 0 Å². The molecular formula is C19H24FNO2. The van der Waals surface area contributed by atoms with Crippen molar-refractivity contribution in [3.05, 3.63) is 29.6 Å². The predicted octanol–water partition coefficient (Wildman–Crippen LogP) is 4.99. The lowest BCUT2D eigenvalue weighted by atomic mass is 9.80. The van der Waals surface area contributed by atoms with Crippen molar-refractivity contribution in [1.29, 1.82) is 5.26 Å². The van der Waals surface area contributed by atoms with Gasteiger partial charge in [0, 0.05) is 0 Å². The van der Waals surface area contributed by atoms with Crippen molar-refractivity contribution >= 4 is 5.97 Å². The predicted molar refractivity (Wildman–Crippen MR) is 86.3 cm³/mol. The van der Waals surface area contributed by atoms with Crippen LogP contribution in [0.25, 0.3) is 0 Å². The molecule has 0 N–H and O–H groups in total. The zero-order valence-electron chi connectivity index (χ0n) is 13.7. The number of hydrogen-bond donors (Lipinski definition) is 0. The van der Waals surface area contributed by atoms with Gasteiger partial charge in [0.2, 0.25) is 0 Å². The highest BCUT2D eigenvalue weighted by Gasteiger charge is 2.28. The fourth-order valence-corrected chi connectivity index (χ4v) is 3.24. The summed E-state index contributed by atoms with van der Waals surface area (Å²) in [5.74, 6) is -0.0156. The Morgan fingerprint density at radius 3 is 2.70 bits per heavy atom. The second-order valence-electron chi connectivity index (χ2n) is 6.39. The first kappa shape index (κ1) is 17.5. The molecule has 3 nitrogen and oxygen atoms in total. The molecule has 0 bridgehead atoms. The van der Waals surface area contributed by atoms with Crippen LogP contribution in [0, 0.1) is 29.0 Å². The molecule has 0 amide bonds. The van der Waals surface area contributed by atoms with E-state index in [1.807, 2.05) is 6.07 Å². The van der Waals surface area contributed by atoms with Crippen molar-refractivity contribution in [1.82, 2.24) is 0 Å². The second kappa shape index (κ2) is 8.67. The van der Waals surface area contributed by atoms with Gasteiger partial charge in [-0.3, -0.25) is 4.79 Å². The van der Waals surface area contributed by atoms with E-state index in [4.69, 9.17) is 10.00 Å². The Bertz CT molecular complexity index is 571. The van der Waals surface area contributed by atoms with Crippen molar-refractivity contribution in [3.8, 4) is 11.8 Å². The fraction of sp³-hybridized carbons (Fsp3) is 0.579. The molecule has 0 heterocycles. The standard InChI is InChI=1S/C19H24FNO2/c1-2-3-4-5-14-6-8-15(9-7-14)19(22)23-18-11-10-17(20)12-16(18)13-21/h10-12,14-15H,2-9H2,1H3. The minimum Gasteiger partial charge on any atom is -0.425 e. The third kappa shape index (κ3) is 5.06. The van der Waals surface area contributed by atoms with E-state index in [0.29, 0.717) is 0 Å². The summed E-state index contributed by atoms with van der Waals surface area (Å²) >= 11 is 0. The maximum Gasteiger partial charge on any atom is 0.314 e. The summed E-state index contributed by atoms with van der Waals surface area (Å²) < 4.78 is 18.4. The zero-order chi connectivity index (χ0) is 16.7. The van der Waals surface area contributed by atoms with Crippen LogP contribution >= 0.6 is 0 Å². The fourth-order valence-electron chi connectivity index (χ4n) is 3.24. The Morgan fingerprint density at radius 2 is 2.04 bits per heavy atom. The Balaban J connectivity index is 1.85. The monoisotopic (exact) mass is 317 g/mol. The molecule has 1 aromatic rings. The van der Waals surface area contributed by atoms with Gasteiger partial charge in [0.25, 0.3) is 0 Å². The molecule has 0 atom stereocenters. The van der Waals surface area contributed by atoms with Crippen molar-refractivity contribution in [2.45, 2.75) is 58.3 Å². The van der Waals surface area contributed by atoms with Crippen LogP contribution in [0.2, 0.25) is 0 Å². The Morgan fingerprint density at radius 1 is 1.30 bits per heavy atom. The van der Waals surface area contributed by atoms with E-state index in [9.17, 15) is 9.18 Å². The van der Waals surface area contributed by atoms with Gasteiger partial charge in [-0.2, -0.15) is 5.26 Å². The molecule has 0 aliphatic heterocycles. The van der Waals surface area contributed by atoms with Gasteiger partial charge in [0.1, 0.15) is 17.6 Å². The van der Waals surface area contributed by atoms with Crippen LogP contribution in [-0.4, -0.2) is 5.97 Å². The van der Waals surface area contributed by atoms with Crippen LogP contribution in [0.1, 0.15) is 63.9 Å². The summed E-state index contributed by atoms with van der Waals surface area (Å²) in [5.41, 5.74) is 0.0617. The van der Waals surface area contributed by atoms with E-state index in [-0.39, 0.29) is 23.2 Å². The van der Waals surface area contributed by atoms with Gasteiger partial charge in [0.15, 0.2) is 0 Å². The molecule has 124 valence electrons.